The number of imidazole rings is 1. The molecule has 2 aromatic rings. The summed E-state index contributed by atoms with van der Waals surface area (Å²) in [6.45, 7) is 0. The summed E-state index contributed by atoms with van der Waals surface area (Å²) in [4.78, 5) is 16.1. The summed E-state index contributed by atoms with van der Waals surface area (Å²) in [6.07, 6.45) is 5.26. The molecule has 0 bridgehead atoms. The van der Waals surface area contributed by atoms with Crippen molar-refractivity contribution in [1.82, 2.24) is 9.38 Å². The molecule has 62 valence electrons. The number of thiazole rings is 1. The van der Waals surface area contributed by atoms with Crippen LogP contribution in [-0.4, -0.2) is 20.5 Å². The third-order valence-corrected chi connectivity index (χ3v) is 2.51. The van der Waals surface area contributed by atoms with Gasteiger partial charge < -0.3 is 5.11 Å². The van der Waals surface area contributed by atoms with Crippen molar-refractivity contribution in [3.05, 3.63) is 23.6 Å². The SMILES string of the molecule is O=C(O)Cc1cn2cncc2s1. The molecule has 0 radical (unpaired) electrons. The predicted octanol–water partition coefficient (Wildman–Crippen LogP) is 1.02. The monoisotopic (exact) mass is 182 g/mol. The van der Waals surface area contributed by atoms with Gasteiger partial charge in [0.1, 0.15) is 4.83 Å². The first-order chi connectivity index (χ1) is 5.75. The molecule has 4 nitrogen and oxygen atoms in total. The molecule has 2 aromatic heterocycles. The zero-order valence-corrected chi connectivity index (χ0v) is 6.91. The molecule has 0 saturated heterocycles. The van der Waals surface area contributed by atoms with Crippen LogP contribution < -0.4 is 0 Å². The van der Waals surface area contributed by atoms with E-state index in [1.807, 2.05) is 4.40 Å². The Morgan fingerprint density at radius 3 is 3.25 bits per heavy atom. The molecule has 0 aromatic carbocycles. The molecule has 0 unspecified atom stereocenters. The largest absolute Gasteiger partial charge is 0.481 e. The standard InChI is InChI=1S/C7H6N2O2S/c10-7(11)1-5-3-9-4-8-2-6(9)12-5/h2-4H,1H2,(H,10,11). The summed E-state index contributed by atoms with van der Waals surface area (Å²) < 4.78 is 1.82. The molecule has 12 heavy (non-hydrogen) atoms. The van der Waals surface area contributed by atoms with E-state index in [9.17, 15) is 4.79 Å². The number of rotatable bonds is 2. The molecule has 0 amide bonds. The maximum atomic E-state index is 10.3. The van der Waals surface area contributed by atoms with Gasteiger partial charge in [-0.25, -0.2) is 4.98 Å². The minimum atomic E-state index is -0.799. The molecular weight excluding hydrogens is 176 g/mol. The van der Waals surface area contributed by atoms with Crippen LogP contribution in [-0.2, 0) is 11.2 Å². The van der Waals surface area contributed by atoms with Crippen LogP contribution >= 0.6 is 11.3 Å². The van der Waals surface area contributed by atoms with Crippen molar-refractivity contribution < 1.29 is 9.90 Å². The summed E-state index contributed by atoms with van der Waals surface area (Å²) in [7, 11) is 0. The second-order valence-electron chi connectivity index (χ2n) is 2.41. The van der Waals surface area contributed by atoms with Crippen LogP contribution in [0.4, 0.5) is 0 Å². The van der Waals surface area contributed by atoms with Crippen molar-refractivity contribution in [2.45, 2.75) is 6.42 Å². The van der Waals surface area contributed by atoms with E-state index in [0.717, 1.165) is 9.71 Å². The summed E-state index contributed by atoms with van der Waals surface area (Å²) in [6, 6.07) is 0. The molecule has 0 fully saturated rings. The van der Waals surface area contributed by atoms with Gasteiger partial charge in [-0.05, 0) is 0 Å². The number of carboxylic acid groups (broad SMARTS) is 1. The highest BCUT2D eigenvalue weighted by Gasteiger charge is 2.04. The second-order valence-corrected chi connectivity index (χ2v) is 3.55. The Kier molecular flexibility index (Phi) is 1.58. The van der Waals surface area contributed by atoms with Gasteiger partial charge in [-0.3, -0.25) is 9.20 Å². The average molecular weight is 182 g/mol. The van der Waals surface area contributed by atoms with Crippen LogP contribution in [0.15, 0.2) is 18.7 Å². The molecule has 0 saturated carbocycles. The van der Waals surface area contributed by atoms with Crippen LogP contribution in [0.1, 0.15) is 4.88 Å². The van der Waals surface area contributed by atoms with Gasteiger partial charge in [0.2, 0.25) is 0 Å². The number of hydrogen-bond donors (Lipinski definition) is 1. The predicted molar refractivity (Wildman–Crippen MR) is 44.4 cm³/mol. The van der Waals surface area contributed by atoms with Crippen molar-refractivity contribution in [3.63, 3.8) is 0 Å². The lowest BCUT2D eigenvalue weighted by atomic mass is 10.4. The van der Waals surface area contributed by atoms with Crippen LogP contribution in [0.2, 0.25) is 0 Å². The van der Waals surface area contributed by atoms with E-state index >= 15 is 0 Å². The molecule has 0 aliphatic rings. The number of aliphatic carboxylic acids is 1. The smallest absolute Gasteiger partial charge is 0.308 e. The molecule has 0 atom stereocenters. The Morgan fingerprint density at radius 1 is 1.75 bits per heavy atom. The second kappa shape index (κ2) is 2.60. The van der Waals surface area contributed by atoms with E-state index in [1.54, 1.807) is 18.7 Å². The third kappa shape index (κ3) is 1.18. The maximum absolute atomic E-state index is 10.3. The molecule has 5 heteroatoms. The lowest BCUT2D eigenvalue weighted by molar-refractivity contribution is -0.136. The lowest BCUT2D eigenvalue weighted by Crippen LogP contribution is -1.97. The van der Waals surface area contributed by atoms with E-state index in [2.05, 4.69) is 4.98 Å². The van der Waals surface area contributed by atoms with Gasteiger partial charge in [-0.1, -0.05) is 0 Å². The first-order valence-electron chi connectivity index (χ1n) is 3.38. The first kappa shape index (κ1) is 7.30. The number of aromatic nitrogens is 2. The van der Waals surface area contributed by atoms with Gasteiger partial charge in [-0.15, -0.1) is 11.3 Å². The number of hydrogen-bond acceptors (Lipinski definition) is 3. The topological polar surface area (TPSA) is 54.6 Å². The van der Waals surface area contributed by atoms with Gasteiger partial charge in [0, 0.05) is 11.1 Å². The summed E-state index contributed by atoms with van der Waals surface area (Å²) >= 11 is 1.45. The summed E-state index contributed by atoms with van der Waals surface area (Å²) in [5.74, 6) is -0.799. The van der Waals surface area contributed by atoms with Gasteiger partial charge in [0.25, 0.3) is 0 Å². The third-order valence-electron chi connectivity index (χ3n) is 1.47. The minimum Gasteiger partial charge on any atom is -0.481 e. The van der Waals surface area contributed by atoms with Crippen LogP contribution in [0.3, 0.4) is 0 Å². The Hall–Kier alpha value is -1.36. The zero-order chi connectivity index (χ0) is 8.55. The molecule has 0 aliphatic carbocycles. The fraction of sp³-hybridized carbons (Fsp3) is 0.143. The fourth-order valence-corrected chi connectivity index (χ4v) is 1.96. The first-order valence-corrected chi connectivity index (χ1v) is 4.19. The summed E-state index contributed by atoms with van der Waals surface area (Å²) in [5, 5.41) is 8.51. The number of carboxylic acids is 1. The van der Waals surface area contributed by atoms with Crippen LogP contribution in [0.25, 0.3) is 4.83 Å². The number of carbonyl (C=O) groups is 1. The minimum absolute atomic E-state index is 0.0896. The Balaban J connectivity index is 2.38. The van der Waals surface area contributed by atoms with Gasteiger partial charge in [-0.2, -0.15) is 0 Å². The van der Waals surface area contributed by atoms with Crippen LogP contribution in [0, 0.1) is 0 Å². The van der Waals surface area contributed by atoms with E-state index in [-0.39, 0.29) is 6.42 Å². The molecule has 2 rings (SSSR count). The highest BCUT2D eigenvalue weighted by Crippen LogP contribution is 2.17. The van der Waals surface area contributed by atoms with E-state index in [0.29, 0.717) is 0 Å². The normalized spacial score (nSPS) is 10.7. The average Bonchev–Trinajstić information content (AvgIpc) is 2.43. The molecule has 0 spiro atoms. The number of fused-ring (bicyclic) bond motifs is 1. The van der Waals surface area contributed by atoms with Gasteiger partial charge in [0.15, 0.2) is 0 Å². The number of nitrogens with zero attached hydrogens (tertiary/aromatic N) is 2. The molecule has 2 heterocycles. The van der Waals surface area contributed by atoms with Crippen molar-refractivity contribution in [3.8, 4) is 0 Å². The van der Waals surface area contributed by atoms with Crippen molar-refractivity contribution in [1.29, 1.82) is 0 Å². The van der Waals surface area contributed by atoms with Gasteiger partial charge >= 0.3 is 5.97 Å². The molecular formula is C7H6N2O2S. The highest BCUT2D eigenvalue weighted by molar-refractivity contribution is 7.17. The Labute approximate surface area is 72.1 Å². The Bertz CT molecular complexity index is 389. The zero-order valence-electron chi connectivity index (χ0n) is 6.10. The highest BCUT2D eigenvalue weighted by atomic mass is 32.1. The fourth-order valence-electron chi connectivity index (χ4n) is 1.02. The van der Waals surface area contributed by atoms with E-state index in [1.165, 1.54) is 11.3 Å². The van der Waals surface area contributed by atoms with Crippen LogP contribution in [0.5, 0.6) is 0 Å². The van der Waals surface area contributed by atoms with E-state index < -0.39 is 5.97 Å². The Morgan fingerprint density at radius 2 is 2.58 bits per heavy atom. The van der Waals surface area contributed by atoms with Gasteiger partial charge in [0.05, 0.1) is 18.9 Å². The summed E-state index contributed by atoms with van der Waals surface area (Å²) in [5.41, 5.74) is 0. The van der Waals surface area contributed by atoms with E-state index in [4.69, 9.17) is 5.11 Å². The lowest BCUT2D eigenvalue weighted by Gasteiger charge is -1.85. The van der Waals surface area contributed by atoms with Crippen molar-refractivity contribution in [2.24, 2.45) is 0 Å². The van der Waals surface area contributed by atoms with Crippen molar-refractivity contribution in [2.75, 3.05) is 0 Å². The maximum Gasteiger partial charge on any atom is 0.308 e. The van der Waals surface area contributed by atoms with Crippen molar-refractivity contribution >= 4 is 22.1 Å². The quantitative estimate of drug-likeness (QED) is 0.754. The molecule has 1 N–H and O–H groups in total. The molecule has 0 aliphatic heterocycles.